The molecule has 0 saturated carbocycles. The zero-order valence-electron chi connectivity index (χ0n) is 10.2. The molecular formula is C15H12N2OS. The number of hydrogen-bond donors (Lipinski definition) is 0. The van der Waals surface area contributed by atoms with Crippen LogP contribution in [0, 0.1) is 16.2 Å². The molecule has 0 spiro atoms. The fourth-order valence-corrected chi connectivity index (χ4v) is 2.69. The lowest BCUT2D eigenvalue weighted by atomic mass is 10.0. The number of nitrogens with zero attached hydrogens (tertiary/aromatic N) is 2. The van der Waals surface area contributed by atoms with Gasteiger partial charge in [-0.15, -0.1) is 16.7 Å². The lowest BCUT2D eigenvalue weighted by Gasteiger charge is -2.09. The van der Waals surface area contributed by atoms with E-state index in [0.29, 0.717) is 11.3 Å². The van der Waals surface area contributed by atoms with Crippen LogP contribution in [0.25, 0.3) is 0 Å². The third-order valence-electron chi connectivity index (χ3n) is 2.71. The Bertz CT molecular complexity index is 593. The summed E-state index contributed by atoms with van der Waals surface area (Å²) in [6.07, 6.45) is 0. The maximum Gasteiger partial charge on any atom is 0.203 e. The van der Waals surface area contributed by atoms with Crippen LogP contribution in [0.5, 0.6) is 0 Å². The second kappa shape index (κ2) is 6.72. The van der Waals surface area contributed by atoms with E-state index < -0.39 is 6.04 Å². The molecule has 0 heterocycles. The Kier molecular flexibility index (Phi) is 4.71. The summed E-state index contributed by atoms with van der Waals surface area (Å²) < 4.78 is 0. The van der Waals surface area contributed by atoms with Gasteiger partial charge in [-0.2, -0.15) is 5.26 Å². The molecule has 4 heteroatoms. The highest BCUT2D eigenvalue weighted by Crippen LogP contribution is 2.28. The molecule has 2 aromatic rings. The van der Waals surface area contributed by atoms with Gasteiger partial charge in [-0.05, 0) is 28.4 Å². The Morgan fingerprint density at radius 3 is 2.47 bits per heavy atom. The predicted molar refractivity (Wildman–Crippen MR) is 76.6 cm³/mol. The molecule has 0 aliphatic rings. The van der Waals surface area contributed by atoms with E-state index in [2.05, 4.69) is 5.18 Å². The van der Waals surface area contributed by atoms with Crippen molar-refractivity contribution in [2.45, 2.75) is 16.7 Å². The second-order valence-corrected chi connectivity index (χ2v) is 4.99. The molecule has 2 aromatic carbocycles. The highest BCUT2D eigenvalue weighted by atomic mass is 32.2. The van der Waals surface area contributed by atoms with Crippen LogP contribution in [-0.4, -0.2) is 0 Å². The average molecular weight is 268 g/mol. The second-order valence-electron chi connectivity index (χ2n) is 3.94. The summed E-state index contributed by atoms with van der Waals surface area (Å²) in [5.41, 5.74) is 1.67. The Hall–Kier alpha value is -2.12. The van der Waals surface area contributed by atoms with Gasteiger partial charge >= 0.3 is 0 Å². The first kappa shape index (κ1) is 13.3. The van der Waals surface area contributed by atoms with Gasteiger partial charge < -0.3 is 0 Å². The molecule has 0 amide bonds. The quantitative estimate of drug-likeness (QED) is 0.599. The van der Waals surface area contributed by atoms with Crippen molar-refractivity contribution in [3.63, 3.8) is 0 Å². The molecule has 3 nitrogen and oxygen atoms in total. The number of rotatable bonds is 5. The number of nitriles is 1. The fraction of sp³-hybridized carbons (Fsp3) is 0.133. The van der Waals surface area contributed by atoms with Crippen molar-refractivity contribution in [2.24, 2.45) is 5.18 Å². The van der Waals surface area contributed by atoms with Crippen LogP contribution >= 0.6 is 11.8 Å². The molecule has 0 bridgehead atoms. The molecule has 94 valence electrons. The summed E-state index contributed by atoms with van der Waals surface area (Å²) in [6.45, 7) is 0. The normalized spacial score (nSPS) is 11.5. The van der Waals surface area contributed by atoms with Gasteiger partial charge in [0.25, 0.3) is 0 Å². The van der Waals surface area contributed by atoms with E-state index in [0.717, 1.165) is 10.5 Å². The third kappa shape index (κ3) is 3.43. The minimum atomic E-state index is -0.924. The number of nitroso groups, excluding NO2 is 1. The summed E-state index contributed by atoms with van der Waals surface area (Å²) in [5, 5.41) is 11.8. The van der Waals surface area contributed by atoms with Crippen molar-refractivity contribution in [2.75, 3.05) is 0 Å². The molecule has 19 heavy (non-hydrogen) atoms. The first-order chi connectivity index (χ1) is 9.35. The fourth-order valence-electron chi connectivity index (χ4n) is 1.76. The monoisotopic (exact) mass is 268 g/mol. The van der Waals surface area contributed by atoms with Crippen molar-refractivity contribution in [3.8, 4) is 6.07 Å². The van der Waals surface area contributed by atoms with Crippen LogP contribution in [0.15, 0.2) is 64.7 Å². The van der Waals surface area contributed by atoms with E-state index in [1.165, 1.54) is 0 Å². The minimum Gasteiger partial charge on any atom is -0.195 e. The molecule has 2 rings (SSSR count). The number of hydrogen-bond acceptors (Lipinski definition) is 4. The van der Waals surface area contributed by atoms with Crippen molar-refractivity contribution in [1.29, 1.82) is 5.26 Å². The summed E-state index contributed by atoms with van der Waals surface area (Å²) in [5.74, 6) is 0.716. The van der Waals surface area contributed by atoms with Crippen molar-refractivity contribution in [1.82, 2.24) is 0 Å². The Balaban J connectivity index is 2.17. The maximum atomic E-state index is 10.7. The van der Waals surface area contributed by atoms with Gasteiger partial charge in [0.05, 0.1) is 6.07 Å². The van der Waals surface area contributed by atoms with Gasteiger partial charge in [-0.25, -0.2) is 0 Å². The van der Waals surface area contributed by atoms with Crippen LogP contribution in [0.2, 0.25) is 0 Å². The molecule has 0 aliphatic carbocycles. The van der Waals surface area contributed by atoms with Crippen molar-refractivity contribution < 1.29 is 0 Å². The van der Waals surface area contributed by atoms with Crippen LogP contribution < -0.4 is 0 Å². The van der Waals surface area contributed by atoms with Crippen LogP contribution in [0.1, 0.15) is 17.2 Å². The van der Waals surface area contributed by atoms with Gasteiger partial charge in [0.1, 0.15) is 0 Å². The Morgan fingerprint density at radius 2 is 1.79 bits per heavy atom. The molecular weight excluding hydrogens is 256 g/mol. The van der Waals surface area contributed by atoms with E-state index in [9.17, 15) is 4.91 Å². The maximum absolute atomic E-state index is 10.7. The van der Waals surface area contributed by atoms with Crippen LogP contribution in [0.3, 0.4) is 0 Å². The van der Waals surface area contributed by atoms with Gasteiger partial charge in [0.2, 0.25) is 6.04 Å². The SMILES string of the molecule is N#CC(N=O)c1ccccc1CSc1ccccc1. The van der Waals surface area contributed by atoms with Gasteiger partial charge in [0.15, 0.2) is 0 Å². The van der Waals surface area contributed by atoms with Gasteiger partial charge in [-0.3, -0.25) is 0 Å². The third-order valence-corrected chi connectivity index (χ3v) is 3.78. The molecule has 0 aromatic heterocycles. The highest BCUT2D eigenvalue weighted by Gasteiger charge is 2.14. The number of thioether (sulfide) groups is 1. The molecule has 0 aliphatic heterocycles. The smallest absolute Gasteiger partial charge is 0.195 e. The van der Waals surface area contributed by atoms with E-state index in [-0.39, 0.29) is 0 Å². The molecule has 1 atom stereocenters. The standard InChI is InChI=1S/C15H12N2OS/c16-10-15(17-18)14-9-5-4-6-12(14)11-19-13-7-2-1-3-8-13/h1-9,15H,11H2. The minimum absolute atomic E-state index is 0.698. The van der Waals surface area contributed by atoms with Gasteiger partial charge in [0, 0.05) is 10.6 Å². The summed E-state index contributed by atoms with van der Waals surface area (Å²) >= 11 is 1.67. The van der Waals surface area contributed by atoms with E-state index >= 15 is 0 Å². The van der Waals surface area contributed by atoms with E-state index in [1.807, 2.05) is 54.6 Å². The number of benzene rings is 2. The zero-order chi connectivity index (χ0) is 13.5. The molecule has 0 N–H and O–H groups in total. The topological polar surface area (TPSA) is 53.2 Å². The van der Waals surface area contributed by atoms with Crippen molar-refractivity contribution in [3.05, 3.63) is 70.6 Å². The van der Waals surface area contributed by atoms with E-state index in [4.69, 9.17) is 5.26 Å². The summed E-state index contributed by atoms with van der Waals surface area (Å²) in [7, 11) is 0. The van der Waals surface area contributed by atoms with Gasteiger partial charge in [-0.1, -0.05) is 42.5 Å². The lowest BCUT2D eigenvalue weighted by Crippen LogP contribution is -1.96. The molecule has 0 fully saturated rings. The van der Waals surface area contributed by atoms with Crippen LogP contribution in [0.4, 0.5) is 0 Å². The highest BCUT2D eigenvalue weighted by molar-refractivity contribution is 7.98. The first-order valence-electron chi connectivity index (χ1n) is 5.83. The Morgan fingerprint density at radius 1 is 1.11 bits per heavy atom. The van der Waals surface area contributed by atoms with Crippen LogP contribution in [-0.2, 0) is 5.75 Å². The molecule has 0 radical (unpaired) electrons. The predicted octanol–water partition coefficient (Wildman–Crippen LogP) is 4.31. The first-order valence-corrected chi connectivity index (χ1v) is 6.81. The summed E-state index contributed by atoms with van der Waals surface area (Å²) in [4.78, 5) is 11.8. The average Bonchev–Trinajstić information content (AvgIpc) is 2.48. The molecule has 0 saturated heterocycles. The largest absolute Gasteiger partial charge is 0.203 e. The summed E-state index contributed by atoms with van der Waals surface area (Å²) in [6, 6.07) is 18.5. The lowest BCUT2D eigenvalue weighted by molar-refractivity contribution is 0.903. The molecule has 1 unspecified atom stereocenters. The van der Waals surface area contributed by atoms with E-state index in [1.54, 1.807) is 17.8 Å². The zero-order valence-corrected chi connectivity index (χ0v) is 11.0. The van der Waals surface area contributed by atoms with Crippen molar-refractivity contribution >= 4 is 11.8 Å². The Labute approximate surface area is 116 Å².